The number of ether oxygens (including phenoxy) is 5. The number of hydrogen-bond acceptors (Lipinski definition) is 9. The van der Waals surface area contributed by atoms with Crippen LogP contribution in [0, 0.1) is 0 Å². The normalized spacial score (nSPS) is 10.4. The fourth-order valence-electron chi connectivity index (χ4n) is 1.85. The average molecular weight is 421 g/mol. The second kappa shape index (κ2) is 20.8. The van der Waals surface area contributed by atoms with E-state index in [-0.39, 0.29) is 37.9 Å². The molecule has 11 heteroatoms. The number of esters is 1. The lowest BCUT2D eigenvalue weighted by molar-refractivity contribution is -0.143. The zero-order valence-electron chi connectivity index (χ0n) is 17.2. The maximum Gasteiger partial charge on any atom is 0.407 e. The van der Waals surface area contributed by atoms with Gasteiger partial charge in [0.05, 0.1) is 59.3 Å². The molecule has 0 aliphatic heterocycles. The number of carbonyl (C=O) groups excluding carboxylic acids is 3. The molecule has 0 unspecified atom stereocenters. The summed E-state index contributed by atoms with van der Waals surface area (Å²) in [5.74, 6) is -0.545. The zero-order chi connectivity index (χ0) is 21.6. The van der Waals surface area contributed by atoms with Gasteiger partial charge in [0.25, 0.3) is 0 Å². The van der Waals surface area contributed by atoms with Gasteiger partial charge < -0.3 is 40.1 Å². The van der Waals surface area contributed by atoms with Crippen LogP contribution in [0.1, 0.15) is 26.2 Å². The van der Waals surface area contributed by atoms with E-state index in [2.05, 4.69) is 10.6 Å². The summed E-state index contributed by atoms with van der Waals surface area (Å²) >= 11 is 0. The number of alkyl carbamates (subject to hydrolysis) is 1. The summed E-state index contributed by atoms with van der Waals surface area (Å²) in [6, 6.07) is 0. The molecule has 0 atom stereocenters. The van der Waals surface area contributed by atoms with E-state index in [1.54, 1.807) is 6.92 Å². The molecule has 0 aromatic carbocycles. The third-order valence-corrected chi connectivity index (χ3v) is 3.27. The highest BCUT2D eigenvalue weighted by atomic mass is 16.6. The molecule has 0 fully saturated rings. The maximum absolute atomic E-state index is 11.6. The van der Waals surface area contributed by atoms with Crippen LogP contribution in [0.3, 0.4) is 0 Å². The van der Waals surface area contributed by atoms with Gasteiger partial charge in [-0.05, 0) is 19.9 Å². The summed E-state index contributed by atoms with van der Waals surface area (Å²) in [6.45, 7) is 5.66. The number of rotatable bonds is 19. The van der Waals surface area contributed by atoms with E-state index in [0.717, 1.165) is 0 Å². The molecule has 0 aromatic rings. The van der Waals surface area contributed by atoms with Crippen molar-refractivity contribution >= 4 is 18.0 Å². The molecule has 0 heterocycles. The summed E-state index contributed by atoms with van der Waals surface area (Å²) in [7, 11) is 0. The van der Waals surface area contributed by atoms with Crippen LogP contribution in [0.2, 0.25) is 0 Å². The molecule has 11 nitrogen and oxygen atoms in total. The van der Waals surface area contributed by atoms with Gasteiger partial charge in [-0.15, -0.1) is 0 Å². The monoisotopic (exact) mass is 421 g/mol. The van der Waals surface area contributed by atoms with E-state index >= 15 is 0 Å². The number of hydrogen-bond donors (Lipinski definition) is 3. The Labute approximate surface area is 171 Å². The Kier molecular flexibility index (Phi) is 19.4. The van der Waals surface area contributed by atoms with E-state index in [4.69, 9.17) is 29.4 Å². The fraction of sp³-hybridized carbons (Fsp3) is 0.833. The van der Waals surface area contributed by atoms with E-state index in [1.165, 1.54) is 0 Å². The lowest BCUT2D eigenvalue weighted by Gasteiger charge is -2.08. The van der Waals surface area contributed by atoms with E-state index in [9.17, 15) is 14.4 Å². The summed E-state index contributed by atoms with van der Waals surface area (Å²) in [5, 5.41) is 5.17. The van der Waals surface area contributed by atoms with E-state index in [0.29, 0.717) is 65.8 Å². The van der Waals surface area contributed by atoms with Crippen LogP contribution >= 0.6 is 0 Å². The molecule has 0 saturated heterocycles. The summed E-state index contributed by atoms with van der Waals surface area (Å²) in [5.41, 5.74) is 5.30. The molecule has 0 radical (unpaired) electrons. The fourth-order valence-corrected chi connectivity index (χ4v) is 1.85. The standard InChI is InChI=1S/C18H35N3O8/c1-2-28-18(24)21-8-11-26-13-15-27-14-12-25-10-5-16(22)20-7-4-17(23)29-9-3-6-19/h2-15,19H2,1H3,(H,20,22)(H,21,24). The summed E-state index contributed by atoms with van der Waals surface area (Å²) in [4.78, 5) is 33.9. The second-order valence-electron chi connectivity index (χ2n) is 5.70. The van der Waals surface area contributed by atoms with E-state index < -0.39 is 6.09 Å². The first-order valence-corrected chi connectivity index (χ1v) is 9.86. The zero-order valence-corrected chi connectivity index (χ0v) is 17.2. The third-order valence-electron chi connectivity index (χ3n) is 3.27. The molecule has 0 aliphatic carbocycles. The van der Waals surface area contributed by atoms with Crippen LogP contribution in [0.4, 0.5) is 4.79 Å². The molecule has 0 aromatic heterocycles. The minimum Gasteiger partial charge on any atom is -0.466 e. The van der Waals surface area contributed by atoms with Crippen LogP contribution in [0.25, 0.3) is 0 Å². The Balaban J connectivity index is 3.28. The van der Waals surface area contributed by atoms with Crippen LogP contribution < -0.4 is 16.4 Å². The Bertz CT molecular complexity index is 437. The van der Waals surface area contributed by atoms with Gasteiger partial charge in [0.1, 0.15) is 0 Å². The SMILES string of the molecule is CCOC(=O)NCCOCCOCCOCCC(=O)NCCC(=O)OCCCN. The van der Waals surface area contributed by atoms with Gasteiger partial charge in [-0.25, -0.2) is 4.79 Å². The van der Waals surface area contributed by atoms with Crippen LogP contribution in [0.5, 0.6) is 0 Å². The molecule has 170 valence electrons. The van der Waals surface area contributed by atoms with Crippen molar-refractivity contribution in [1.82, 2.24) is 10.6 Å². The Morgan fingerprint density at radius 3 is 2.07 bits per heavy atom. The number of amides is 2. The predicted molar refractivity (Wildman–Crippen MR) is 104 cm³/mol. The molecular weight excluding hydrogens is 386 g/mol. The molecule has 0 rings (SSSR count). The molecule has 4 N–H and O–H groups in total. The van der Waals surface area contributed by atoms with Crippen molar-refractivity contribution in [2.45, 2.75) is 26.2 Å². The highest BCUT2D eigenvalue weighted by molar-refractivity contribution is 5.77. The third kappa shape index (κ3) is 20.6. The van der Waals surface area contributed by atoms with Gasteiger partial charge in [0.2, 0.25) is 5.91 Å². The van der Waals surface area contributed by atoms with Crippen LogP contribution in [-0.2, 0) is 33.3 Å². The Hall–Kier alpha value is -1.95. The summed E-state index contributed by atoms with van der Waals surface area (Å²) in [6.07, 6.45) is 0.505. The van der Waals surface area contributed by atoms with E-state index in [1.807, 2.05) is 0 Å². The van der Waals surface area contributed by atoms with Crippen molar-refractivity contribution in [3.8, 4) is 0 Å². The van der Waals surface area contributed by atoms with Crippen molar-refractivity contribution in [3.05, 3.63) is 0 Å². The van der Waals surface area contributed by atoms with Crippen molar-refractivity contribution in [1.29, 1.82) is 0 Å². The van der Waals surface area contributed by atoms with Crippen molar-refractivity contribution in [2.75, 3.05) is 72.5 Å². The molecule has 2 amide bonds. The highest BCUT2D eigenvalue weighted by Crippen LogP contribution is 1.89. The average Bonchev–Trinajstić information content (AvgIpc) is 2.69. The minimum atomic E-state index is -0.459. The van der Waals surface area contributed by atoms with Gasteiger partial charge in [-0.3, -0.25) is 9.59 Å². The molecule has 0 saturated carbocycles. The number of nitrogens with two attached hydrogens (primary N) is 1. The van der Waals surface area contributed by atoms with Gasteiger partial charge in [-0.1, -0.05) is 0 Å². The Morgan fingerprint density at radius 1 is 0.759 bits per heavy atom. The van der Waals surface area contributed by atoms with Crippen molar-refractivity contribution in [3.63, 3.8) is 0 Å². The molecular formula is C18H35N3O8. The lowest BCUT2D eigenvalue weighted by Crippen LogP contribution is -2.28. The minimum absolute atomic E-state index is 0.131. The van der Waals surface area contributed by atoms with Gasteiger partial charge in [-0.2, -0.15) is 0 Å². The predicted octanol–water partition coefficient (Wildman–Crippen LogP) is -0.429. The van der Waals surface area contributed by atoms with Gasteiger partial charge in [0, 0.05) is 19.5 Å². The first-order chi connectivity index (χ1) is 14.1. The van der Waals surface area contributed by atoms with Crippen molar-refractivity contribution in [2.24, 2.45) is 5.73 Å². The molecule has 0 bridgehead atoms. The molecule has 0 spiro atoms. The highest BCUT2D eigenvalue weighted by Gasteiger charge is 2.05. The first-order valence-electron chi connectivity index (χ1n) is 9.86. The topological polar surface area (TPSA) is 147 Å². The summed E-state index contributed by atoms with van der Waals surface area (Å²) < 4.78 is 25.5. The number of carbonyl (C=O) groups is 3. The molecule has 0 aliphatic rings. The van der Waals surface area contributed by atoms with Crippen LogP contribution in [-0.4, -0.2) is 90.5 Å². The van der Waals surface area contributed by atoms with Crippen LogP contribution in [0.15, 0.2) is 0 Å². The first kappa shape index (κ1) is 27.0. The lowest BCUT2D eigenvalue weighted by atomic mass is 10.4. The second-order valence-corrected chi connectivity index (χ2v) is 5.70. The largest absolute Gasteiger partial charge is 0.466 e. The van der Waals surface area contributed by atoms with Gasteiger partial charge in [0.15, 0.2) is 0 Å². The van der Waals surface area contributed by atoms with Gasteiger partial charge >= 0.3 is 12.1 Å². The smallest absolute Gasteiger partial charge is 0.407 e. The number of nitrogens with one attached hydrogen (secondary N) is 2. The quantitative estimate of drug-likeness (QED) is 0.187. The molecule has 29 heavy (non-hydrogen) atoms. The maximum atomic E-state index is 11.6. The van der Waals surface area contributed by atoms with Crippen molar-refractivity contribution < 1.29 is 38.1 Å². The Morgan fingerprint density at radius 2 is 1.41 bits per heavy atom.